The molecule has 0 aromatic carbocycles. The van der Waals surface area contributed by atoms with Crippen LogP contribution in [0, 0.1) is 5.92 Å². The molecule has 0 amide bonds. The number of hydrogen-bond acceptors (Lipinski definition) is 2. The third kappa shape index (κ3) is 8.69. The standard InChI is InChI=1S/C10H21F3N2/c1-3-6-15(8-10(11,12)13)7-9(2)4-5-14/h9H,3-8,14H2,1-2H3. The molecule has 0 spiro atoms. The van der Waals surface area contributed by atoms with Crippen LogP contribution in [0.2, 0.25) is 0 Å². The van der Waals surface area contributed by atoms with Crippen LogP contribution in [0.5, 0.6) is 0 Å². The zero-order valence-electron chi connectivity index (χ0n) is 9.48. The minimum absolute atomic E-state index is 0.226. The van der Waals surface area contributed by atoms with E-state index in [1.807, 2.05) is 13.8 Å². The van der Waals surface area contributed by atoms with Gasteiger partial charge in [-0.25, -0.2) is 0 Å². The summed E-state index contributed by atoms with van der Waals surface area (Å²) in [5.74, 6) is 0.226. The van der Waals surface area contributed by atoms with Gasteiger partial charge in [0.15, 0.2) is 0 Å². The molecule has 2 nitrogen and oxygen atoms in total. The molecule has 1 unspecified atom stereocenters. The first-order valence-corrected chi connectivity index (χ1v) is 5.38. The summed E-state index contributed by atoms with van der Waals surface area (Å²) in [6.45, 7) is 4.52. The summed E-state index contributed by atoms with van der Waals surface area (Å²) in [6.07, 6.45) is -2.58. The number of nitrogens with zero attached hydrogens (tertiary/aromatic N) is 1. The molecule has 0 aromatic heterocycles. The van der Waals surface area contributed by atoms with Crippen LogP contribution < -0.4 is 5.73 Å². The first-order chi connectivity index (χ1) is 6.89. The van der Waals surface area contributed by atoms with E-state index in [9.17, 15) is 13.2 Å². The lowest BCUT2D eigenvalue weighted by Gasteiger charge is -2.26. The maximum Gasteiger partial charge on any atom is 0.401 e. The summed E-state index contributed by atoms with van der Waals surface area (Å²) in [4.78, 5) is 1.46. The third-order valence-electron chi connectivity index (χ3n) is 2.17. The normalized spacial score (nSPS) is 14.6. The molecule has 2 N–H and O–H groups in total. The molecule has 0 rings (SSSR count). The van der Waals surface area contributed by atoms with E-state index in [1.54, 1.807) is 0 Å². The fourth-order valence-corrected chi connectivity index (χ4v) is 1.62. The summed E-state index contributed by atoms with van der Waals surface area (Å²) in [5.41, 5.74) is 5.37. The molecule has 0 saturated heterocycles. The van der Waals surface area contributed by atoms with Crippen LogP contribution in [0.1, 0.15) is 26.7 Å². The quantitative estimate of drug-likeness (QED) is 0.721. The molecule has 1 atom stereocenters. The molecule has 0 aromatic rings. The van der Waals surface area contributed by atoms with Crippen molar-refractivity contribution in [3.05, 3.63) is 0 Å². The van der Waals surface area contributed by atoms with Crippen molar-refractivity contribution in [2.75, 3.05) is 26.2 Å². The Balaban J connectivity index is 4.03. The summed E-state index contributed by atoms with van der Waals surface area (Å²) >= 11 is 0. The number of alkyl halides is 3. The zero-order valence-corrected chi connectivity index (χ0v) is 9.48. The maximum absolute atomic E-state index is 12.2. The topological polar surface area (TPSA) is 29.3 Å². The average molecular weight is 226 g/mol. The lowest BCUT2D eigenvalue weighted by molar-refractivity contribution is -0.147. The van der Waals surface area contributed by atoms with Crippen LogP contribution in [-0.2, 0) is 0 Å². The van der Waals surface area contributed by atoms with Crippen molar-refractivity contribution in [2.24, 2.45) is 11.7 Å². The Morgan fingerprint density at radius 3 is 2.33 bits per heavy atom. The summed E-state index contributed by atoms with van der Waals surface area (Å²) in [7, 11) is 0. The highest BCUT2D eigenvalue weighted by Crippen LogP contribution is 2.17. The van der Waals surface area contributed by atoms with Crippen molar-refractivity contribution in [1.82, 2.24) is 4.90 Å². The highest BCUT2D eigenvalue weighted by atomic mass is 19.4. The molecule has 5 heteroatoms. The van der Waals surface area contributed by atoms with E-state index in [0.717, 1.165) is 12.8 Å². The number of nitrogens with two attached hydrogens (primary N) is 1. The van der Waals surface area contributed by atoms with Crippen LogP contribution >= 0.6 is 0 Å². The second-order valence-electron chi connectivity index (χ2n) is 4.03. The van der Waals surface area contributed by atoms with Crippen LogP contribution in [0.4, 0.5) is 13.2 Å². The Bertz CT molecular complexity index is 159. The predicted molar refractivity (Wildman–Crippen MR) is 55.6 cm³/mol. The van der Waals surface area contributed by atoms with Gasteiger partial charge in [0.05, 0.1) is 6.54 Å². The fraction of sp³-hybridized carbons (Fsp3) is 1.00. The summed E-state index contributed by atoms with van der Waals surface area (Å²) in [6, 6.07) is 0. The lowest BCUT2D eigenvalue weighted by Crippen LogP contribution is -2.38. The molecule has 0 aliphatic rings. The van der Waals surface area contributed by atoms with Crippen LogP contribution in [0.15, 0.2) is 0 Å². The molecule has 15 heavy (non-hydrogen) atoms. The highest BCUT2D eigenvalue weighted by Gasteiger charge is 2.30. The van der Waals surface area contributed by atoms with E-state index in [0.29, 0.717) is 19.6 Å². The summed E-state index contributed by atoms with van der Waals surface area (Å²) in [5, 5.41) is 0. The molecule has 0 bridgehead atoms. The Morgan fingerprint density at radius 2 is 1.93 bits per heavy atom. The first kappa shape index (κ1) is 14.7. The minimum atomic E-state index is -4.10. The molecule has 0 fully saturated rings. The van der Waals surface area contributed by atoms with Crippen molar-refractivity contribution in [2.45, 2.75) is 32.9 Å². The van der Waals surface area contributed by atoms with Gasteiger partial charge in [0.1, 0.15) is 0 Å². The maximum atomic E-state index is 12.2. The summed E-state index contributed by atoms with van der Waals surface area (Å²) < 4.78 is 36.6. The SMILES string of the molecule is CCCN(CC(C)CCN)CC(F)(F)F. The highest BCUT2D eigenvalue weighted by molar-refractivity contribution is 4.66. The van der Waals surface area contributed by atoms with Crippen LogP contribution in [0.3, 0.4) is 0 Å². The molecule has 0 aliphatic heterocycles. The van der Waals surface area contributed by atoms with Gasteiger partial charge in [-0.1, -0.05) is 13.8 Å². The van der Waals surface area contributed by atoms with Gasteiger partial charge < -0.3 is 5.73 Å². The van der Waals surface area contributed by atoms with E-state index in [4.69, 9.17) is 5.73 Å². The van der Waals surface area contributed by atoms with Gasteiger partial charge in [0.2, 0.25) is 0 Å². The van der Waals surface area contributed by atoms with E-state index in [2.05, 4.69) is 0 Å². The molecule has 0 aliphatic carbocycles. The predicted octanol–water partition coefficient (Wildman–Crippen LogP) is 2.25. The van der Waals surface area contributed by atoms with Crippen molar-refractivity contribution in [1.29, 1.82) is 0 Å². The Kier molecular flexibility index (Phi) is 6.92. The zero-order chi connectivity index (χ0) is 11.9. The molecule has 0 heterocycles. The van der Waals surface area contributed by atoms with E-state index < -0.39 is 12.7 Å². The average Bonchev–Trinajstić information content (AvgIpc) is 2.01. The lowest BCUT2D eigenvalue weighted by atomic mass is 10.1. The molecule has 0 radical (unpaired) electrons. The molecular formula is C10H21F3N2. The van der Waals surface area contributed by atoms with E-state index in [-0.39, 0.29) is 5.92 Å². The first-order valence-electron chi connectivity index (χ1n) is 5.38. The second kappa shape index (κ2) is 7.06. The van der Waals surface area contributed by atoms with Crippen molar-refractivity contribution < 1.29 is 13.2 Å². The van der Waals surface area contributed by atoms with Gasteiger partial charge in [-0.2, -0.15) is 13.2 Å². The third-order valence-corrected chi connectivity index (χ3v) is 2.17. The Morgan fingerprint density at radius 1 is 1.33 bits per heavy atom. The Hall–Kier alpha value is -0.290. The number of halogens is 3. The molecular weight excluding hydrogens is 205 g/mol. The van der Waals surface area contributed by atoms with E-state index in [1.165, 1.54) is 4.90 Å². The Labute approximate surface area is 89.6 Å². The smallest absolute Gasteiger partial charge is 0.330 e. The fourth-order valence-electron chi connectivity index (χ4n) is 1.62. The van der Waals surface area contributed by atoms with Gasteiger partial charge in [-0.05, 0) is 31.8 Å². The van der Waals surface area contributed by atoms with Crippen molar-refractivity contribution in [3.8, 4) is 0 Å². The molecule has 0 saturated carbocycles. The van der Waals surface area contributed by atoms with Crippen molar-refractivity contribution in [3.63, 3.8) is 0 Å². The van der Waals surface area contributed by atoms with Crippen molar-refractivity contribution >= 4 is 0 Å². The van der Waals surface area contributed by atoms with Crippen LogP contribution in [0.25, 0.3) is 0 Å². The number of hydrogen-bond donors (Lipinski definition) is 1. The van der Waals surface area contributed by atoms with Gasteiger partial charge in [-0.3, -0.25) is 4.90 Å². The minimum Gasteiger partial charge on any atom is -0.330 e. The van der Waals surface area contributed by atoms with Gasteiger partial charge in [0, 0.05) is 6.54 Å². The number of rotatable bonds is 7. The van der Waals surface area contributed by atoms with E-state index >= 15 is 0 Å². The molecule has 92 valence electrons. The monoisotopic (exact) mass is 226 g/mol. The largest absolute Gasteiger partial charge is 0.401 e. The van der Waals surface area contributed by atoms with Gasteiger partial charge in [-0.15, -0.1) is 0 Å². The van der Waals surface area contributed by atoms with Gasteiger partial charge in [0.25, 0.3) is 0 Å². The second-order valence-corrected chi connectivity index (χ2v) is 4.03. The van der Waals surface area contributed by atoms with Crippen LogP contribution in [-0.4, -0.2) is 37.3 Å². The van der Waals surface area contributed by atoms with Gasteiger partial charge >= 0.3 is 6.18 Å².